The van der Waals surface area contributed by atoms with Crippen molar-refractivity contribution in [2.24, 2.45) is 5.41 Å². The molecule has 1 saturated heterocycles. The molecule has 0 aromatic carbocycles. The van der Waals surface area contributed by atoms with Crippen LogP contribution in [0.5, 0.6) is 0 Å². The van der Waals surface area contributed by atoms with Crippen molar-refractivity contribution in [2.75, 3.05) is 6.67 Å². The predicted molar refractivity (Wildman–Crippen MR) is 65.7 cm³/mol. The molecule has 17 heavy (non-hydrogen) atoms. The van der Waals surface area contributed by atoms with E-state index in [0.29, 0.717) is 5.41 Å². The second kappa shape index (κ2) is 3.08. The van der Waals surface area contributed by atoms with E-state index < -0.39 is 0 Å². The van der Waals surface area contributed by atoms with Crippen LogP contribution in [0.3, 0.4) is 0 Å². The fourth-order valence-corrected chi connectivity index (χ4v) is 3.89. The molecule has 0 aromatic heterocycles. The van der Waals surface area contributed by atoms with E-state index in [1.807, 2.05) is 0 Å². The summed E-state index contributed by atoms with van der Waals surface area (Å²) in [4.78, 5) is 0. The SMILES string of the molecule is CC1(C)OB(C23CC(CCF)(C2)C3)OC1(C)C. The molecule has 96 valence electrons. The quantitative estimate of drug-likeness (QED) is 0.704. The van der Waals surface area contributed by atoms with Crippen LogP contribution in [-0.4, -0.2) is 25.0 Å². The summed E-state index contributed by atoms with van der Waals surface area (Å²) in [6.45, 7) is 8.19. The molecule has 0 atom stereocenters. The highest BCUT2D eigenvalue weighted by Gasteiger charge is 2.75. The van der Waals surface area contributed by atoms with Gasteiger partial charge in [-0.05, 0) is 58.8 Å². The van der Waals surface area contributed by atoms with Gasteiger partial charge in [-0.25, -0.2) is 0 Å². The second-order valence-electron chi connectivity index (χ2n) is 7.42. The summed E-state index contributed by atoms with van der Waals surface area (Å²) in [5.41, 5.74) is -0.168. The minimum Gasteiger partial charge on any atom is -0.403 e. The van der Waals surface area contributed by atoms with E-state index in [0.717, 1.165) is 25.7 Å². The molecule has 4 aliphatic rings. The van der Waals surface area contributed by atoms with Crippen LogP contribution >= 0.6 is 0 Å². The smallest absolute Gasteiger partial charge is 0.403 e. The van der Waals surface area contributed by atoms with Crippen molar-refractivity contribution in [2.45, 2.75) is 69.9 Å². The van der Waals surface area contributed by atoms with Crippen molar-refractivity contribution >= 4 is 7.12 Å². The largest absolute Gasteiger partial charge is 0.464 e. The van der Waals surface area contributed by atoms with Crippen molar-refractivity contribution < 1.29 is 13.7 Å². The molecule has 0 unspecified atom stereocenters. The van der Waals surface area contributed by atoms with Crippen molar-refractivity contribution in [3.8, 4) is 0 Å². The molecule has 0 amide bonds. The molecule has 0 aromatic rings. The lowest BCUT2D eigenvalue weighted by Crippen LogP contribution is -2.64. The van der Waals surface area contributed by atoms with Gasteiger partial charge < -0.3 is 9.31 Å². The maximum absolute atomic E-state index is 12.4. The molecular weight excluding hydrogens is 218 g/mol. The minimum absolute atomic E-state index is 0.0750. The highest BCUT2D eigenvalue weighted by molar-refractivity contribution is 6.51. The molecule has 1 heterocycles. The Labute approximate surface area is 103 Å². The van der Waals surface area contributed by atoms with Crippen LogP contribution in [0.15, 0.2) is 0 Å². The van der Waals surface area contributed by atoms with Gasteiger partial charge in [-0.3, -0.25) is 4.39 Å². The highest BCUT2D eigenvalue weighted by atomic mass is 19.1. The van der Waals surface area contributed by atoms with Gasteiger partial charge in [0.2, 0.25) is 0 Å². The Hall–Kier alpha value is -0.0851. The van der Waals surface area contributed by atoms with Gasteiger partial charge >= 0.3 is 7.12 Å². The van der Waals surface area contributed by atoms with Crippen LogP contribution in [0.4, 0.5) is 4.39 Å². The third-order valence-corrected chi connectivity index (χ3v) is 5.56. The first-order valence-electron chi connectivity index (χ1n) is 6.66. The summed E-state index contributed by atoms with van der Waals surface area (Å²) in [6, 6.07) is 0. The van der Waals surface area contributed by atoms with Crippen LogP contribution in [0, 0.1) is 5.41 Å². The molecule has 0 spiro atoms. The first kappa shape index (κ1) is 12.0. The zero-order valence-electron chi connectivity index (χ0n) is 11.3. The van der Waals surface area contributed by atoms with E-state index in [1.54, 1.807) is 0 Å². The molecular formula is C13H22BFO2. The number of rotatable bonds is 3. The van der Waals surface area contributed by atoms with Gasteiger partial charge in [-0.1, -0.05) is 0 Å². The standard InChI is InChI=1S/C13H22BFO2/c1-10(2)11(3,4)17-14(16-10)13-7-12(8-13,9-13)5-6-15/h5-9H2,1-4H3. The average Bonchev–Trinajstić information content (AvgIpc) is 2.26. The van der Waals surface area contributed by atoms with E-state index in [-0.39, 0.29) is 30.3 Å². The highest BCUT2D eigenvalue weighted by Crippen LogP contribution is 2.81. The Kier molecular flexibility index (Phi) is 2.17. The van der Waals surface area contributed by atoms with Crippen LogP contribution in [0.1, 0.15) is 53.4 Å². The lowest BCUT2D eigenvalue weighted by atomic mass is 9.23. The van der Waals surface area contributed by atoms with E-state index in [2.05, 4.69) is 27.7 Å². The first-order chi connectivity index (χ1) is 7.74. The fraction of sp³-hybridized carbons (Fsp3) is 1.00. The van der Waals surface area contributed by atoms with Gasteiger partial charge in [0.25, 0.3) is 0 Å². The fourth-order valence-electron chi connectivity index (χ4n) is 3.89. The Morgan fingerprint density at radius 1 is 1.00 bits per heavy atom. The van der Waals surface area contributed by atoms with Crippen LogP contribution < -0.4 is 0 Å². The van der Waals surface area contributed by atoms with E-state index in [4.69, 9.17) is 9.31 Å². The maximum Gasteiger partial charge on any atom is 0.464 e. The second-order valence-corrected chi connectivity index (χ2v) is 7.42. The summed E-state index contributed by atoms with van der Waals surface area (Å²) in [5, 5.41) is 0.209. The first-order valence-corrected chi connectivity index (χ1v) is 6.66. The topological polar surface area (TPSA) is 18.5 Å². The average molecular weight is 240 g/mol. The monoisotopic (exact) mass is 240 g/mol. The minimum atomic E-state index is -0.236. The van der Waals surface area contributed by atoms with Crippen molar-refractivity contribution in [3.63, 3.8) is 0 Å². The summed E-state index contributed by atoms with van der Waals surface area (Å²) >= 11 is 0. The van der Waals surface area contributed by atoms with Crippen LogP contribution in [0.2, 0.25) is 5.31 Å². The molecule has 0 radical (unpaired) electrons. The van der Waals surface area contributed by atoms with E-state index in [9.17, 15) is 4.39 Å². The lowest BCUT2D eigenvalue weighted by molar-refractivity contribution is -0.118. The molecule has 3 aliphatic carbocycles. The lowest BCUT2D eigenvalue weighted by Gasteiger charge is -2.71. The van der Waals surface area contributed by atoms with Crippen LogP contribution in [0.25, 0.3) is 0 Å². The normalized spacial score (nSPS) is 45.4. The summed E-state index contributed by atoms with van der Waals surface area (Å²) in [5.74, 6) is 0. The zero-order valence-corrected chi connectivity index (χ0v) is 11.3. The molecule has 4 fully saturated rings. The van der Waals surface area contributed by atoms with Crippen molar-refractivity contribution in [3.05, 3.63) is 0 Å². The Balaban J connectivity index is 1.67. The van der Waals surface area contributed by atoms with Gasteiger partial charge in [-0.15, -0.1) is 0 Å². The van der Waals surface area contributed by atoms with Crippen LogP contribution in [-0.2, 0) is 9.31 Å². The molecule has 4 rings (SSSR count). The molecule has 1 aliphatic heterocycles. The molecule has 3 saturated carbocycles. The molecule has 0 N–H and O–H groups in total. The van der Waals surface area contributed by atoms with Gasteiger partial charge in [0.05, 0.1) is 17.9 Å². The van der Waals surface area contributed by atoms with Gasteiger partial charge in [0, 0.05) is 5.31 Å². The van der Waals surface area contributed by atoms with Gasteiger partial charge in [-0.2, -0.15) is 0 Å². The molecule has 2 nitrogen and oxygen atoms in total. The third-order valence-electron chi connectivity index (χ3n) is 5.56. The Morgan fingerprint density at radius 2 is 1.47 bits per heavy atom. The number of hydrogen-bond donors (Lipinski definition) is 0. The summed E-state index contributed by atoms with van der Waals surface area (Å²) < 4.78 is 24.7. The molecule has 4 heteroatoms. The maximum atomic E-state index is 12.4. The summed E-state index contributed by atoms with van der Waals surface area (Å²) in [7, 11) is -0.0750. The predicted octanol–water partition coefficient (Wildman–Crippen LogP) is 3.36. The summed E-state index contributed by atoms with van der Waals surface area (Å²) in [6.07, 6.45) is 4.02. The van der Waals surface area contributed by atoms with Crippen molar-refractivity contribution in [1.82, 2.24) is 0 Å². The van der Waals surface area contributed by atoms with Crippen molar-refractivity contribution in [1.29, 1.82) is 0 Å². The Bertz CT molecular complexity index is 318. The van der Waals surface area contributed by atoms with Gasteiger partial charge in [0.1, 0.15) is 0 Å². The van der Waals surface area contributed by atoms with E-state index in [1.165, 1.54) is 0 Å². The van der Waals surface area contributed by atoms with E-state index >= 15 is 0 Å². The third kappa shape index (κ3) is 1.40. The number of halogens is 1. The molecule has 2 bridgehead atoms. The zero-order chi connectivity index (χ0) is 12.5. The Morgan fingerprint density at radius 3 is 1.88 bits per heavy atom. The number of hydrogen-bond acceptors (Lipinski definition) is 2. The van der Waals surface area contributed by atoms with Gasteiger partial charge in [0.15, 0.2) is 0 Å². The number of alkyl halides is 1.